The van der Waals surface area contributed by atoms with Crippen molar-refractivity contribution >= 4 is 28.5 Å². The fourth-order valence-corrected chi connectivity index (χ4v) is 3.59. The van der Waals surface area contributed by atoms with Crippen molar-refractivity contribution in [2.75, 3.05) is 6.54 Å². The van der Waals surface area contributed by atoms with Gasteiger partial charge in [-0.1, -0.05) is 25.4 Å². The first-order valence-corrected chi connectivity index (χ1v) is 8.82. The highest BCUT2D eigenvalue weighted by molar-refractivity contribution is 6.31. The van der Waals surface area contributed by atoms with Crippen LogP contribution in [0.3, 0.4) is 0 Å². The Morgan fingerprint density at radius 3 is 3.08 bits per heavy atom. The fraction of sp³-hybridized carbons (Fsp3) is 0.389. The molecular formula is C18H19ClN4O2. The molecule has 4 rings (SSSR count). The van der Waals surface area contributed by atoms with Crippen LogP contribution in [0.15, 0.2) is 29.0 Å². The van der Waals surface area contributed by atoms with E-state index >= 15 is 0 Å². The predicted molar refractivity (Wildman–Crippen MR) is 94.7 cm³/mol. The number of nitrogens with zero attached hydrogens (tertiary/aromatic N) is 3. The molecule has 0 bridgehead atoms. The monoisotopic (exact) mass is 358 g/mol. The molecule has 0 saturated carbocycles. The van der Waals surface area contributed by atoms with Crippen LogP contribution in [0, 0.1) is 0 Å². The zero-order chi connectivity index (χ0) is 17.6. The van der Waals surface area contributed by atoms with Gasteiger partial charge in [-0.25, -0.2) is 9.97 Å². The van der Waals surface area contributed by atoms with Crippen molar-refractivity contribution in [3.63, 3.8) is 0 Å². The van der Waals surface area contributed by atoms with Gasteiger partial charge in [0, 0.05) is 17.5 Å². The number of carbonyl (C=O) groups is 1. The number of halogens is 1. The molecule has 1 amide bonds. The smallest absolute Gasteiger partial charge is 0.276 e. The summed E-state index contributed by atoms with van der Waals surface area (Å²) < 4.78 is 5.41. The number of rotatable bonds is 3. The van der Waals surface area contributed by atoms with Crippen LogP contribution in [-0.2, 0) is 0 Å². The van der Waals surface area contributed by atoms with Gasteiger partial charge in [0.25, 0.3) is 5.91 Å². The molecule has 6 nitrogen and oxygen atoms in total. The van der Waals surface area contributed by atoms with Gasteiger partial charge < -0.3 is 14.3 Å². The molecule has 7 heteroatoms. The van der Waals surface area contributed by atoms with Crippen LogP contribution < -0.4 is 0 Å². The standard InChI is InChI=1S/C18H19ClN4O2/c1-10(2)16-15(20-9-25-16)18(24)23-7-3-4-14(23)17-21-12-6-5-11(19)8-13(12)22-17/h5-6,8-10,14H,3-4,7H2,1-2H3,(H,21,22)/t14-/m1/s1. The zero-order valence-corrected chi connectivity index (χ0v) is 14.9. The van der Waals surface area contributed by atoms with E-state index in [1.807, 2.05) is 36.9 Å². The lowest BCUT2D eigenvalue weighted by atomic mass is 10.1. The Kier molecular flexibility index (Phi) is 4.00. The third kappa shape index (κ3) is 2.80. The number of likely N-dealkylation sites (tertiary alicyclic amines) is 1. The van der Waals surface area contributed by atoms with Gasteiger partial charge in [-0.2, -0.15) is 0 Å². The Labute approximate surface area is 150 Å². The molecule has 1 N–H and O–H groups in total. The van der Waals surface area contributed by atoms with E-state index in [2.05, 4.69) is 15.0 Å². The maximum atomic E-state index is 13.0. The number of amides is 1. The quantitative estimate of drug-likeness (QED) is 0.757. The average Bonchev–Trinajstić information content (AvgIpc) is 3.31. The summed E-state index contributed by atoms with van der Waals surface area (Å²) in [5.41, 5.74) is 2.13. The Balaban J connectivity index is 1.67. The van der Waals surface area contributed by atoms with E-state index < -0.39 is 0 Å². The first-order chi connectivity index (χ1) is 12.0. The van der Waals surface area contributed by atoms with Gasteiger partial charge in [-0.05, 0) is 31.0 Å². The number of oxazole rings is 1. The molecule has 1 fully saturated rings. The van der Waals surface area contributed by atoms with Gasteiger partial charge in [0.15, 0.2) is 12.1 Å². The Morgan fingerprint density at radius 1 is 1.44 bits per heavy atom. The molecule has 3 heterocycles. The first-order valence-electron chi connectivity index (χ1n) is 8.44. The van der Waals surface area contributed by atoms with Crippen molar-refractivity contribution < 1.29 is 9.21 Å². The largest absolute Gasteiger partial charge is 0.447 e. The number of hydrogen-bond donors (Lipinski definition) is 1. The minimum absolute atomic E-state index is 0.0876. The zero-order valence-electron chi connectivity index (χ0n) is 14.1. The average molecular weight is 359 g/mol. The second-order valence-corrected chi connectivity index (χ2v) is 7.10. The maximum Gasteiger partial charge on any atom is 0.276 e. The summed E-state index contributed by atoms with van der Waals surface area (Å²) in [6.07, 6.45) is 3.15. The van der Waals surface area contributed by atoms with Crippen molar-refractivity contribution in [1.29, 1.82) is 0 Å². The van der Waals surface area contributed by atoms with Crippen molar-refractivity contribution in [3.05, 3.63) is 46.9 Å². The van der Waals surface area contributed by atoms with Crippen LogP contribution in [0.4, 0.5) is 0 Å². The molecule has 1 atom stereocenters. The van der Waals surface area contributed by atoms with Gasteiger partial charge in [-0.15, -0.1) is 0 Å². The molecule has 130 valence electrons. The minimum atomic E-state index is -0.0987. The highest BCUT2D eigenvalue weighted by Gasteiger charge is 2.35. The highest BCUT2D eigenvalue weighted by Crippen LogP contribution is 2.34. The van der Waals surface area contributed by atoms with Crippen molar-refractivity contribution in [3.8, 4) is 0 Å². The number of hydrogen-bond acceptors (Lipinski definition) is 4. The number of H-pyrrole nitrogens is 1. The SMILES string of the molecule is CC(C)c1ocnc1C(=O)N1CCC[C@@H]1c1nc2ccc(Cl)cc2[nH]1. The van der Waals surface area contributed by atoms with Crippen LogP contribution in [0.25, 0.3) is 11.0 Å². The van der Waals surface area contributed by atoms with Crippen LogP contribution in [-0.4, -0.2) is 32.3 Å². The molecule has 25 heavy (non-hydrogen) atoms. The normalized spacial score (nSPS) is 17.8. The molecule has 2 aromatic heterocycles. The van der Waals surface area contributed by atoms with Crippen LogP contribution >= 0.6 is 11.6 Å². The number of benzene rings is 1. The lowest BCUT2D eigenvalue weighted by molar-refractivity contribution is 0.0722. The molecule has 1 aliphatic heterocycles. The molecule has 1 aromatic carbocycles. The first kappa shape index (κ1) is 16.1. The molecule has 1 aliphatic rings. The summed E-state index contributed by atoms with van der Waals surface area (Å²) in [5.74, 6) is 1.43. The van der Waals surface area contributed by atoms with Crippen molar-refractivity contribution in [2.24, 2.45) is 0 Å². The van der Waals surface area contributed by atoms with E-state index in [1.165, 1.54) is 6.39 Å². The molecule has 3 aromatic rings. The van der Waals surface area contributed by atoms with Crippen molar-refractivity contribution in [1.82, 2.24) is 19.9 Å². The van der Waals surface area contributed by atoms with Gasteiger partial charge >= 0.3 is 0 Å². The van der Waals surface area contributed by atoms with E-state index in [0.717, 1.165) is 29.7 Å². The van der Waals surface area contributed by atoms with E-state index in [-0.39, 0.29) is 17.9 Å². The topological polar surface area (TPSA) is 75.0 Å². The Bertz CT molecular complexity index is 930. The number of imidazole rings is 1. The minimum Gasteiger partial charge on any atom is -0.447 e. The van der Waals surface area contributed by atoms with Crippen LogP contribution in [0.1, 0.15) is 60.7 Å². The number of carbonyl (C=O) groups excluding carboxylic acids is 1. The second kappa shape index (κ2) is 6.19. The molecule has 0 radical (unpaired) electrons. The van der Waals surface area contributed by atoms with Gasteiger partial charge in [0.1, 0.15) is 11.6 Å². The second-order valence-electron chi connectivity index (χ2n) is 6.66. The summed E-state index contributed by atoms with van der Waals surface area (Å²) in [4.78, 5) is 27.0. The van der Waals surface area contributed by atoms with Gasteiger partial charge in [0.2, 0.25) is 0 Å². The molecule has 0 unspecified atom stereocenters. The summed E-state index contributed by atoms with van der Waals surface area (Å²) in [7, 11) is 0. The lowest BCUT2D eigenvalue weighted by Gasteiger charge is -2.22. The summed E-state index contributed by atoms with van der Waals surface area (Å²) in [5, 5.41) is 0.659. The molecule has 0 aliphatic carbocycles. The molecular weight excluding hydrogens is 340 g/mol. The predicted octanol–water partition coefficient (Wildman–Crippen LogP) is 4.31. The molecule has 1 saturated heterocycles. The third-order valence-electron chi connectivity index (χ3n) is 4.61. The van der Waals surface area contributed by atoms with Gasteiger partial charge in [-0.3, -0.25) is 4.79 Å². The fourth-order valence-electron chi connectivity index (χ4n) is 3.41. The van der Waals surface area contributed by atoms with Crippen LogP contribution in [0.2, 0.25) is 5.02 Å². The van der Waals surface area contributed by atoms with Crippen molar-refractivity contribution in [2.45, 2.75) is 38.6 Å². The lowest BCUT2D eigenvalue weighted by Crippen LogP contribution is -2.32. The van der Waals surface area contributed by atoms with E-state index in [9.17, 15) is 4.79 Å². The number of aromatic nitrogens is 3. The van der Waals surface area contributed by atoms with E-state index in [1.54, 1.807) is 0 Å². The number of fused-ring (bicyclic) bond motifs is 1. The van der Waals surface area contributed by atoms with Gasteiger partial charge in [0.05, 0.1) is 17.1 Å². The Hall–Kier alpha value is -2.34. The number of nitrogens with one attached hydrogen (secondary N) is 1. The summed E-state index contributed by atoms with van der Waals surface area (Å²) in [6, 6.07) is 5.46. The van der Waals surface area contributed by atoms with E-state index in [4.69, 9.17) is 16.0 Å². The van der Waals surface area contributed by atoms with E-state index in [0.29, 0.717) is 23.0 Å². The Morgan fingerprint density at radius 2 is 2.28 bits per heavy atom. The summed E-state index contributed by atoms with van der Waals surface area (Å²) in [6.45, 7) is 4.66. The maximum absolute atomic E-state index is 13.0. The highest BCUT2D eigenvalue weighted by atomic mass is 35.5. The third-order valence-corrected chi connectivity index (χ3v) is 4.85. The summed E-state index contributed by atoms with van der Waals surface area (Å²) >= 11 is 6.05. The molecule has 0 spiro atoms. The number of aromatic amines is 1. The van der Waals surface area contributed by atoms with Crippen LogP contribution in [0.5, 0.6) is 0 Å².